The third-order valence-corrected chi connectivity index (χ3v) is 3.94. The number of carbonyl (C=O) groups excluding carboxylic acids is 2. The lowest BCUT2D eigenvalue weighted by Gasteiger charge is -2.42. The molecule has 0 aliphatic heterocycles. The maximum atomic E-state index is 12.3. The molecule has 22 heavy (non-hydrogen) atoms. The molecule has 1 saturated carbocycles. The average molecular weight is 312 g/mol. The molecule has 1 aliphatic carbocycles. The summed E-state index contributed by atoms with van der Waals surface area (Å²) in [5.41, 5.74) is 0. The van der Waals surface area contributed by atoms with Crippen molar-refractivity contribution in [2.24, 2.45) is 17.8 Å². The van der Waals surface area contributed by atoms with Crippen LogP contribution < -0.4 is 0 Å². The molecule has 0 N–H and O–H groups in total. The van der Waals surface area contributed by atoms with E-state index < -0.39 is 30.1 Å². The second kappa shape index (κ2) is 8.58. The normalized spacial score (nSPS) is 31.5. The van der Waals surface area contributed by atoms with Gasteiger partial charge in [-0.05, 0) is 18.4 Å². The van der Waals surface area contributed by atoms with Crippen molar-refractivity contribution >= 4 is 11.9 Å². The Kier molecular flexibility index (Phi) is 7.11. The molecule has 6 heteroatoms. The molecule has 0 aromatic heterocycles. The lowest BCUT2D eigenvalue weighted by Crippen LogP contribution is -2.51. The van der Waals surface area contributed by atoms with Crippen LogP contribution in [0.1, 0.15) is 13.3 Å². The fourth-order valence-corrected chi connectivity index (χ4v) is 3.02. The Morgan fingerprint density at radius 3 is 2.36 bits per heavy atom. The van der Waals surface area contributed by atoms with E-state index in [4.69, 9.17) is 18.9 Å². The van der Waals surface area contributed by atoms with E-state index in [1.165, 1.54) is 34.5 Å². The van der Waals surface area contributed by atoms with Gasteiger partial charge in [0.1, 0.15) is 12.2 Å². The zero-order valence-electron chi connectivity index (χ0n) is 13.5. The van der Waals surface area contributed by atoms with Crippen LogP contribution in [0.2, 0.25) is 0 Å². The average Bonchev–Trinajstić information content (AvgIpc) is 2.50. The summed E-state index contributed by atoms with van der Waals surface area (Å²) < 4.78 is 20.7. The summed E-state index contributed by atoms with van der Waals surface area (Å²) in [6, 6.07) is 0. The third kappa shape index (κ3) is 4.10. The van der Waals surface area contributed by atoms with Gasteiger partial charge in [0.05, 0.1) is 26.4 Å². The SMILES string of the molecule is C=C[C@H]1C[C@@H](OC(C)=O)[C@H](OC)[C@@H](C(=O)OC)[C@H]1/C=C/OC. The van der Waals surface area contributed by atoms with Crippen LogP contribution in [0.3, 0.4) is 0 Å². The van der Waals surface area contributed by atoms with E-state index in [9.17, 15) is 9.59 Å². The van der Waals surface area contributed by atoms with E-state index in [1.807, 2.05) is 0 Å². The highest BCUT2D eigenvalue weighted by Crippen LogP contribution is 2.40. The lowest BCUT2D eigenvalue weighted by atomic mass is 9.69. The number of hydrogen-bond acceptors (Lipinski definition) is 6. The van der Waals surface area contributed by atoms with Crippen LogP contribution in [-0.2, 0) is 28.5 Å². The Bertz CT molecular complexity index is 430. The van der Waals surface area contributed by atoms with Crippen molar-refractivity contribution in [3.63, 3.8) is 0 Å². The van der Waals surface area contributed by atoms with Crippen LogP contribution in [0.4, 0.5) is 0 Å². The van der Waals surface area contributed by atoms with Gasteiger partial charge in [0, 0.05) is 20.0 Å². The predicted molar refractivity (Wildman–Crippen MR) is 79.8 cm³/mol. The number of rotatable bonds is 6. The molecule has 1 aliphatic rings. The van der Waals surface area contributed by atoms with E-state index in [0.717, 1.165) is 0 Å². The molecule has 0 heterocycles. The van der Waals surface area contributed by atoms with Crippen LogP contribution in [0.5, 0.6) is 0 Å². The summed E-state index contributed by atoms with van der Waals surface area (Å²) in [4.78, 5) is 23.6. The number of carbonyl (C=O) groups is 2. The molecule has 0 aromatic carbocycles. The lowest BCUT2D eigenvalue weighted by molar-refractivity contribution is -0.178. The zero-order valence-corrected chi connectivity index (χ0v) is 13.5. The van der Waals surface area contributed by atoms with E-state index >= 15 is 0 Å². The quantitative estimate of drug-likeness (QED) is 0.422. The molecule has 0 bridgehead atoms. The summed E-state index contributed by atoms with van der Waals surface area (Å²) in [5.74, 6) is -1.71. The number of hydrogen-bond donors (Lipinski definition) is 0. The molecule has 0 aromatic rings. The molecular formula is C16H24O6. The van der Waals surface area contributed by atoms with Crippen LogP contribution in [0, 0.1) is 17.8 Å². The maximum absolute atomic E-state index is 12.3. The zero-order chi connectivity index (χ0) is 16.7. The third-order valence-electron chi connectivity index (χ3n) is 3.94. The smallest absolute Gasteiger partial charge is 0.312 e. The first-order chi connectivity index (χ1) is 10.5. The van der Waals surface area contributed by atoms with Gasteiger partial charge in [0.25, 0.3) is 0 Å². The number of esters is 2. The predicted octanol–water partition coefficient (Wildman–Crippen LogP) is 1.70. The topological polar surface area (TPSA) is 71.1 Å². The van der Waals surface area contributed by atoms with Gasteiger partial charge < -0.3 is 18.9 Å². The minimum atomic E-state index is -0.609. The minimum absolute atomic E-state index is 0.0637. The molecule has 1 fully saturated rings. The minimum Gasteiger partial charge on any atom is -0.505 e. The van der Waals surface area contributed by atoms with Gasteiger partial charge in [-0.3, -0.25) is 9.59 Å². The number of ether oxygens (including phenoxy) is 4. The highest BCUT2D eigenvalue weighted by Gasteiger charge is 2.48. The van der Waals surface area contributed by atoms with Gasteiger partial charge in [-0.1, -0.05) is 6.08 Å². The standard InChI is InChI=1S/C16H24O6/c1-6-11-9-13(22-10(2)17)15(20-4)14(16(18)21-5)12(11)7-8-19-3/h6-8,11-15H,1,9H2,2-5H3/b8-7+/t11-,12-,13+,14-,15-/m0/s1. The summed E-state index contributed by atoms with van der Waals surface area (Å²) in [5, 5.41) is 0. The van der Waals surface area contributed by atoms with Crippen LogP contribution in [0.25, 0.3) is 0 Å². The highest BCUT2D eigenvalue weighted by atomic mass is 16.6. The highest BCUT2D eigenvalue weighted by molar-refractivity contribution is 5.74. The van der Waals surface area contributed by atoms with Gasteiger partial charge >= 0.3 is 11.9 Å². The van der Waals surface area contributed by atoms with Crippen molar-refractivity contribution in [2.45, 2.75) is 25.6 Å². The molecule has 124 valence electrons. The van der Waals surface area contributed by atoms with Gasteiger partial charge in [0.2, 0.25) is 0 Å². The fraction of sp³-hybridized carbons (Fsp3) is 0.625. The molecule has 0 amide bonds. The van der Waals surface area contributed by atoms with Crippen LogP contribution in [0.15, 0.2) is 25.0 Å². The van der Waals surface area contributed by atoms with E-state index in [0.29, 0.717) is 6.42 Å². The van der Waals surface area contributed by atoms with Gasteiger partial charge in [-0.15, -0.1) is 6.58 Å². The first-order valence-corrected chi connectivity index (χ1v) is 7.10. The molecule has 0 radical (unpaired) electrons. The Labute approximate surface area is 131 Å². The first-order valence-electron chi connectivity index (χ1n) is 7.10. The van der Waals surface area contributed by atoms with E-state index in [2.05, 4.69) is 6.58 Å². The molecular weight excluding hydrogens is 288 g/mol. The van der Waals surface area contributed by atoms with Crippen molar-refractivity contribution in [2.75, 3.05) is 21.3 Å². The Hall–Kier alpha value is -1.82. The maximum Gasteiger partial charge on any atom is 0.312 e. The fourth-order valence-electron chi connectivity index (χ4n) is 3.02. The van der Waals surface area contributed by atoms with Crippen molar-refractivity contribution in [3.05, 3.63) is 25.0 Å². The molecule has 1 rings (SSSR count). The van der Waals surface area contributed by atoms with Gasteiger partial charge in [-0.2, -0.15) is 0 Å². The van der Waals surface area contributed by atoms with Crippen molar-refractivity contribution in [3.8, 4) is 0 Å². The molecule has 0 spiro atoms. The van der Waals surface area contributed by atoms with Crippen molar-refractivity contribution in [1.82, 2.24) is 0 Å². The Morgan fingerprint density at radius 2 is 1.91 bits per heavy atom. The molecule has 0 unspecified atom stereocenters. The molecule has 0 saturated heterocycles. The van der Waals surface area contributed by atoms with Gasteiger partial charge in [-0.25, -0.2) is 0 Å². The second-order valence-electron chi connectivity index (χ2n) is 5.17. The molecule has 5 atom stereocenters. The van der Waals surface area contributed by atoms with Crippen LogP contribution in [-0.4, -0.2) is 45.5 Å². The summed E-state index contributed by atoms with van der Waals surface area (Å²) in [7, 11) is 4.35. The summed E-state index contributed by atoms with van der Waals surface area (Å²) in [6.07, 6.45) is 4.48. The van der Waals surface area contributed by atoms with Crippen LogP contribution >= 0.6 is 0 Å². The van der Waals surface area contributed by atoms with Gasteiger partial charge in [0.15, 0.2) is 0 Å². The number of methoxy groups -OCH3 is 3. The van der Waals surface area contributed by atoms with E-state index in [1.54, 1.807) is 12.2 Å². The van der Waals surface area contributed by atoms with Crippen molar-refractivity contribution < 1.29 is 28.5 Å². The summed E-state index contributed by atoms with van der Waals surface area (Å²) >= 11 is 0. The number of allylic oxidation sites excluding steroid dienone is 2. The summed E-state index contributed by atoms with van der Waals surface area (Å²) in [6.45, 7) is 5.15. The Balaban J connectivity index is 3.19. The first kappa shape index (κ1) is 18.2. The van der Waals surface area contributed by atoms with E-state index in [-0.39, 0.29) is 11.8 Å². The largest absolute Gasteiger partial charge is 0.505 e. The second-order valence-corrected chi connectivity index (χ2v) is 5.17. The monoisotopic (exact) mass is 312 g/mol. The molecule has 6 nitrogen and oxygen atoms in total. The Morgan fingerprint density at radius 1 is 1.23 bits per heavy atom. The van der Waals surface area contributed by atoms with Crippen molar-refractivity contribution in [1.29, 1.82) is 0 Å².